The quantitative estimate of drug-likeness (QED) is 0.661. The Balaban J connectivity index is 1.96. The van der Waals surface area contributed by atoms with E-state index in [0.717, 1.165) is 0 Å². The van der Waals surface area contributed by atoms with E-state index in [2.05, 4.69) is 86.7 Å². The Hall–Kier alpha value is -1.33. The third kappa shape index (κ3) is 2.18. The van der Waals surface area contributed by atoms with Crippen molar-refractivity contribution in [3.63, 3.8) is 0 Å². The number of benzene rings is 2. The van der Waals surface area contributed by atoms with Crippen molar-refractivity contribution in [1.29, 1.82) is 0 Å². The van der Waals surface area contributed by atoms with Crippen LogP contribution in [0.2, 0.25) is 3.63 Å². The van der Waals surface area contributed by atoms with Crippen LogP contribution in [0, 0.1) is 0 Å². The molecule has 0 radical (unpaired) electrons. The maximum atomic E-state index is 2.44. The molecule has 4 rings (SSSR count). The van der Waals surface area contributed by atoms with Crippen LogP contribution in [0.5, 0.6) is 0 Å². The number of rotatable bonds is 2. The van der Waals surface area contributed by atoms with Crippen LogP contribution < -0.4 is 0 Å². The predicted octanol–water partition coefficient (Wildman–Crippen LogP) is 5.50. The molecule has 0 bridgehead atoms. The molecule has 0 spiro atoms. The van der Waals surface area contributed by atoms with Crippen LogP contribution in [-0.2, 0) is 21.3 Å². The van der Waals surface area contributed by atoms with E-state index < -0.39 is 21.3 Å². The summed E-state index contributed by atoms with van der Waals surface area (Å²) in [5.41, 5.74) is 6.09. The molecule has 0 nitrogen and oxygen atoms in total. The van der Waals surface area contributed by atoms with Crippen molar-refractivity contribution in [2.24, 2.45) is 0 Å². The summed E-state index contributed by atoms with van der Waals surface area (Å²) >= 11 is -1.84. The van der Waals surface area contributed by atoms with Gasteiger partial charge in [0.1, 0.15) is 0 Å². The first-order valence-electron chi connectivity index (χ1n) is 7.98. The second-order valence-electron chi connectivity index (χ2n) is 6.36. The first-order chi connectivity index (χ1) is 10.8. The zero-order valence-electron chi connectivity index (χ0n) is 13.1. The van der Waals surface area contributed by atoms with Crippen molar-refractivity contribution in [1.82, 2.24) is 0 Å². The van der Waals surface area contributed by atoms with Gasteiger partial charge >= 0.3 is 141 Å². The van der Waals surface area contributed by atoms with Crippen LogP contribution in [0.3, 0.4) is 0 Å². The summed E-state index contributed by atoms with van der Waals surface area (Å²) in [7, 11) is 0. The van der Waals surface area contributed by atoms with E-state index in [1.807, 2.05) is 0 Å². The molecule has 2 aromatic rings. The molecule has 0 fully saturated rings. The van der Waals surface area contributed by atoms with E-state index in [1.165, 1.54) is 11.1 Å². The van der Waals surface area contributed by atoms with E-state index in [9.17, 15) is 0 Å². The zero-order valence-corrected chi connectivity index (χ0v) is 15.5. The molecule has 2 aliphatic carbocycles. The van der Waals surface area contributed by atoms with Gasteiger partial charge in [0.15, 0.2) is 0 Å². The molecule has 0 saturated carbocycles. The standard InChI is InChI=1S/C13H9.C5H5.C3H6.Zr/c1-3-7-12-10(5-1)9-11-6-2-4-8-13(11)12;1-2-4-5-3-1;1-3-2;/h1-9H;1-5H;1-2H3;. The van der Waals surface area contributed by atoms with Gasteiger partial charge in [0.2, 0.25) is 0 Å². The average molecular weight is 364 g/mol. The second-order valence-corrected chi connectivity index (χ2v) is 14.1. The summed E-state index contributed by atoms with van der Waals surface area (Å²) in [4.78, 5) is 0. The molecule has 0 amide bonds. The maximum absolute atomic E-state index is 2.44. The van der Waals surface area contributed by atoms with E-state index in [4.69, 9.17) is 0 Å². The fourth-order valence-electron chi connectivity index (χ4n) is 3.94. The molecule has 22 heavy (non-hydrogen) atoms. The Morgan fingerprint density at radius 1 is 0.773 bits per heavy atom. The summed E-state index contributed by atoms with van der Waals surface area (Å²) in [5, 5.41) is 0. The van der Waals surface area contributed by atoms with Crippen LogP contribution in [0.4, 0.5) is 0 Å². The van der Waals surface area contributed by atoms with Gasteiger partial charge in [-0.1, -0.05) is 0 Å². The Labute approximate surface area is 140 Å². The van der Waals surface area contributed by atoms with Gasteiger partial charge in [-0.2, -0.15) is 0 Å². The van der Waals surface area contributed by atoms with Crippen LogP contribution in [0.15, 0.2) is 72.8 Å². The topological polar surface area (TPSA) is 0 Å². The number of allylic oxidation sites excluding steroid dienone is 4. The minimum absolute atomic E-state index is 0.664. The van der Waals surface area contributed by atoms with Gasteiger partial charge in [-0.05, 0) is 0 Å². The summed E-state index contributed by atoms with van der Waals surface area (Å²) in [6.07, 6.45) is 9.35. The van der Waals surface area contributed by atoms with Gasteiger partial charge < -0.3 is 0 Å². The first kappa shape index (κ1) is 14.3. The summed E-state index contributed by atoms with van der Waals surface area (Å²) in [6.45, 7) is 4.75. The van der Waals surface area contributed by atoms with Crippen molar-refractivity contribution in [2.75, 3.05) is 0 Å². The van der Waals surface area contributed by atoms with Gasteiger partial charge in [-0.3, -0.25) is 0 Å². The van der Waals surface area contributed by atoms with Gasteiger partial charge in [-0.25, -0.2) is 0 Å². The molecular formula is C21H20Zr. The van der Waals surface area contributed by atoms with Gasteiger partial charge in [0, 0.05) is 0 Å². The Morgan fingerprint density at radius 2 is 1.27 bits per heavy atom. The summed E-state index contributed by atoms with van der Waals surface area (Å²) in [5.74, 6) is 0. The second kappa shape index (κ2) is 5.71. The van der Waals surface area contributed by atoms with Crippen molar-refractivity contribution in [2.45, 2.75) is 21.1 Å². The molecule has 0 aromatic heterocycles. The molecule has 2 aliphatic rings. The van der Waals surface area contributed by atoms with Crippen molar-refractivity contribution < 1.29 is 21.3 Å². The number of hydrogen-bond donors (Lipinski definition) is 0. The summed E-state index contributed by atoms with van der Waals surface area (Å²) < 4.78 is 3.08. The molecular weight excluding hydrogens is 343 g/mol. The van der Waals surface area contributed by atoms with E-state index in [1.54, 1.807) is 14.3 Å². The Kier molecular flexibility index (Phi) is 3.70. The monoisotopic (exact) mass is 362 g/mol. The van der Waals surface area contributed by atoms with Crippen LogP contribution >= 0.6 is 0 Å². The van der Waals surface area contributed by atoms with E-state index >= 15 is 0 Å². The molecule has 2 aromatic carbocycles. The van der Waals surface area contributed by atoms with Crippen LogP contribution in [0.25, 0.3) is 11.1 Å². The number of hydrogen-bond acceptors (Lipinski definition) is 0. The van der Waals surface area contributed by atoms with E-state index in [0.29, 0.717) is 7.25 Å². The average Bonchev–Trinajstić information content (AvgIpc) is 3.16. The Bertz CT molecular complexity index is 762. The summed E-state index contributed by atoms with van der Waals surface area (Å²) in [6, 6.07) is 18.1. The Morgan fingerprint density at radius 3 is 1.77 bits per heavy atom. The molecule has 108 valence electrons. The normalized spacial score (nSPS) is 15.9. The third-order valence-corrected chi connectivity index (χ3v) is 13.4. The minimum atomic E-state index is -1.84. The molecule has 0 heterocycles. The van der Waals surface area contributed by atoms with Gasteiger partial charge in [0.25, 0.3) is 0 Å². The zero-order chi connectivity index (χ0) is 15.1. The molecule has 0 unspecified atom stereocenters. The molecule has 0 N–H and O–H groups in total. The van der Waals surface area contributed by atoms with Crippen LogP contribution in [0.1, 0.15) is 28.6 Å². The predicted molar refractivity (Wildman–Crippen MR) is 92.1 cm³/mol. The molecule has 0 saturated heterocycles. The third-order valence-electron chi connectivity index (χ3n) is 4.83. The SMILES string of the molecule is C[C](C)=[Zr]([CH]1C=CC=C1)[CH]1c2ccccc2-c2ccccc21. The fraction of sp³-hybridized carbons (Fsp3) is 0.190. The molecule has 1 heteroatoms. The molecule has 0 aliphatic heterocycles. The van der Waals surface area contributed by atoms with E-state index in [-0.39, 0.29) is 0 Å². The molecule has 0 atom stereocenters. The van der Waals surface area contributed by atoms with Gasteiger partial charge in [-0.15, -0.1) is 0 Å². The first-order valence-corrected chi connectivity index (χ1v) is 12.0. The van der Waals surface area contributed by atoms with Crippen molar-refractivity contribution in [3.05, 3.63) is 84.0 Å². The number of fused-ring (bicyclic) bond motifs is 3. The van der Waals surface area contributed by atoms with Crippen molar-refractivity contribution >= 4 is 3.21 Å². The van der Waals surface area contributed by atoms with Gasteiger partial charge in [0.05, 0.1) is 0 Å². The van der Waals surface area contributed by atoms with Crippen LogP contribution in [-0.4, -0.2) is 3.21 Å². The van der Waals surface area contributed by atoms with Crippen molar-refractivity contribution in [3.8, 4) is 11.1 Å². The fourth-order valence-corrected chi connectivity index (χ4v) is 12.4.